The first kappa shape index (κ1) is 14.0. The molecule has 0 amide bonds. The summed E-state index contributed by atoms with van der Waals surface area (Å²) in [5.41, 5.74) is 0.591. The standard InChI is InChI=1S/C14H23FN2/c1-4-17(11-12(2)3)10-9-16-14-8-6-5-7-13(14)15/h5-8,12,16H,4,9-11H2,1-3H3. The van der Waals surface area contributed by atoms with E-state index in [9.17, 15) is 4.39 Å². The molecule has 17 heavy (non-hydrogen) atoms. The lowest BCUT2D eigenvalue weighted by molar-refractivity contribution is 0.265. The van der Waals surface area contributed by atoms with Crippen LogP contribution in [0.1, 0.15) is 20.8 Å². The zero-order chi connectivity index (χ0) is 12.7. The van der Waals surface area contributed by atoms with Gasteiger partial charge in [0.1, 0.15) is 5.82 Å². The lowest BCUT2D eigenvalue weighted by Gasteiger charge is -2.22. The van der Waals surface area contributed by atoms with Crippen molar-refractivity contribution in [3.8, 4) is 0 Å². The highest BCUT2D eigenvalue weighted by Gasteiger charge is 2.05. The minimum atomic E-state index is -0.181. The number of benzene rings is 1. The number of hydrogen-bond donors (Lipinski definition) is 1. The number of hydrogen-bond acceptors (Lipinski definition) is 2. The molecule has 0 aliphatic rings. The van der Waals surface area contributed by atoms with E-state index in [1.807, 2.05) is 6.07 Å². The van der Waals surface area contributed by atoms with Crippen LogP contribution in [0, 0.1) is 11.7 Å². The Morgan fingerprint density at radius 3 is 2.59 bits per heavy atom. The Bertz CT molecular complexity index is 326. The molecule has 0 atom stereocenters. The van der Waals surface area contributed by atoms with E-state index < -0.39 is 0 Å². The summed E-state index contributed by atoms with van der Waals surface area (Å²) in [6, 6.07) is 6.80. The van der Waals surface area contributed by atoms with Crippen molar-refractivity contribution < 1.29 is 4.39 Å². The predicted octanol–water partition coefficient (Wildman–Crippen LogP) is 3.22. The van der Waals surface area contributed by atoms with Gasteiger partial charge in [0.15, 0.2) is 0 Å². The summed E-state index contributed by atoms with van der Waals surface area (Å²) >= 11 is 0. The second kappa shape index (κ2) is 7.28. The maximum Gasteiger partial charge on any atom is 0.146 e. The van der Waals surface area contributed by atoms with Gasteiger partial charge in [-0.15, -0.1) is 0 Å². The van der Waals surface area contributed by atoms with E-state index in [4.69, 9.17) is 0 Å². The molecule has 0 aromatic heterocycles. The lowest BCUT2D eigenvalue weighted by atomic mass is 10.2. The molecular weight excluding hydrogens is 215 g/mol. The molecule has 0 radical (unpaired) electrons. The molecule has 1 rings (SSSR count). The molecule has 0 unspecified atom stereocenters. The van der Waals surface area contributed by atoms with Crippen LogP contribution in [0.3, 0.4) is 0 Å². The molecule has 0 spiro atoms. The SMILES string of the molecule is CCN(CCNc1ccccc1F)CC(C)C. The van der Waals surface area contributed by atoms with Crippen molar-refractivity contribution in [2.75, 3.05) is 31.5 Å². The largest absolute Gasteiger partial charge is 0.381 e. The molecule has 0 fully saturated rings. The van der Waals surface area contributed by atoms with Crippen molar-refractivity contribution in [3.63, 3.8) is 0 Å². The van der Waals surface area contributed by atoms with E-state index in [0.29, 0.717) is 11.6 Å². The van der Waals surface area contributed by atoms with Gasteiger partial charge in [-0.25, -0.2) is 4.39 Å². The number of nitrogens with zero attached hydrogens (tertiary/aromatic N) is 1. The topological polar surface area (TPSA) is 15.3 Å². The highest BCUT2D eigenvalue weighted by molar-refractivity contribution is 5.44. The molecule has 1 N–H and O–H groups in total. The second-order valence-electron chi connectivity index (χ2n) is 4.69. The third-order valence-electron chi connectivity index (χ3n) is 2.69. The molecule has 96 valence electrons. The van der Waals surface area contributed by atoms with Crippen LogP contribution >= 0.6 is 0 Å². The summed E-state index contributed by atoms with van der Waals surface area (Å²) in [6.07, 6.45) is 0. The molecule has 0 aliphatic carbocycles. The minimum Gasteiger partial charge on any atom is -0.381 e. The van der Waals surface area contributed by atoms with E-state index >= 15 is 0 Å². The van der Waals surface area contributed by atoms with Crippen LogP contribution in [-0.2, 0) is 0 Å². The fourth-order valence-electron chi connectivity index (χ4n) is 1.85. The van der Waals surface area contributed by atoms with Gasteiger partial charge in [0.2, 0.25) is 0 Å². The van der Waals surface area contributed by atoms with Gasteiger partial charge >= 0.3 is 0 Å². The van der Waals surface area contributed by atoms with Crippen molar-refractivity contribution in [2.24, 2.45) is 5.92 Å². The van der Waals surface area contributed by atoms with Crippen LogP contribution in [0.5, 0.6) is 0 Å². The number of likely N-dealkylation sites (N-methyl/N-ethyl adjacent to an activating group) is 1. The van der Waals surface area contributed by atoms with Gasteiger partial charge in [-0.2, -0.15) is 0 Å². The quantitative estimate of drug-likeness (QED) is 0.784. The van der Waals surface area contributed by atoms with Gasteiger partial charge in [0.05, 0.1) is 5.69 Å². The predicted molar refractivity (Wildman–Crippen MR) is 71.8 cm³/mol. The highest BCUT2D eigenvalue weighted by atomic mass is 19.1. The average Bonchev–Trinajstić information content (AvgIpc) is 2.29. The number of rotatable bonds is 7. The monoisotopic (exact) mass is 238 g/mol. The third kappa shape index (κ3) is 5.18. The van der Waals surface area contributed by atoms with Crippen molar-refractivity contribution >= 4 is 5.69 Å². The maximum atomic E-state index is 13.3. The van der Waals surface area contributed by atoms with Crippen molar-refractivity contribution in [2.45, 2.75) is 20.8 Å². The summed E-state index contributed by atoms with van der Waals surface area (Å²) in [5, 5.41) is 3.13. The number of anilines is 1. The van der Waals surface area contributed by atoms with E-state index in [1.165, 1.54) is 6.07 Å². The van der Waals surface area contributed by atoms with Crippen LogP contribution in [0.4, 0.5) is 10.1 Å². The van der Waals surface area contributed by atoms with Gasteiger partial charge in [-0.1, -0.05) is 32.9 Å². The van der Waals surface area contributed by atoms with Crippen LogP contribution in [-0.4, -0.2) is 31.1 Å². The van der Waals surface area contributed by atoms with E-state index in [2.05, 4.69) is 31.0 Å². The highest BCUT2D eigenvalue weighted by Crippen LogP contribution is 2.11. The Morgan fingerprint density at radius 1 is 1.29 bits per heavy atom. The average molecular weight is 238 g/mol. The molecule has 2 nitrogen and oxygen atoms in total. The Morgan fingerprint density at radius 2 is 2.00 bits per heavy atom. The first-order chi connectivity index (χ1) is 8.13. The van der Waals surface area contributed by atoms with Crippen LogP contribution < -0.4 is 5.32 Å². The minimum absolute atomic E-state index is 0.181. The Balaban J connectivity index is 2.34. The van der Waals surface area contributed by atoms with Crippen molar-refractivity contribution in [1.82, 2.24) is 4.90 Å². The summed E-state index contributed by atoms with van der Waals surface area (Å²) in [6.45, 7) is 10.4. The molecule has 0 aliphatic heterocycles. The Hall–Kier alpha value is -1.09. The van der Waals surface area contributed by atoms with E-state index in [1.54, 1.807) is 12.1 Å². The summed E-state index contributed by atoms with van der Waals surface area (Å²) in [4.78, 5) is 2.37. The van der Waals surface area contributed by atoms with Crippen LogP contribution in [0.2, 0.25) is 0 Å². The molecule has 1 aromatic rings. The molecule has 1 aromatic carbocycles. The Kier molecular flexibility index (Phi) is 5.98. The van der Waals surface area contributed by atoms with Gasteiger partial charge < -0.3 is 10.2 Å². The van der Waals surface area contributed by atoms with Crippen molar-refractivity contribution in [3.05, 3.63) is 30.1 Å². The first-order valence-electron chi connectivity index (χ1n) is 6.34. The summed E-state index contributed by atoms with van der Waals surface area (Å²) < 4.78 is 13.3. The fraction of sp³-hybridized carbons (Fsp3) is 0.571. The van der Waals surface area contributed by atoms with Crippen LogP contribution in [0.25, 0.3) is 0 Å². The number of nitrogens with one attached hydrogen (secondary N) is 1. The van der Waals surface area contributed by atoms with E-state index in [0.717, 1.165) is 26.2 Å². The molecular formula is C14H23FN2. The lowest BCUT2D eigenvalue weighted by Crippen LogP contribution is -2.32. The Labute approximate surface area is 104 Å². The zero-order valence-electron chi connectivity index (χ0n) is 11.0. The molecule has 0 bridgehead atoms. The van der Waals surface area contributed by atoms with E-state index in [-0.39, 0.29) is 5.82 Å². The first-order valence-corrected chi connectivity index (χ1v) is 6.34. The molecule has 0 heterocycles. The van der Waals surface area contributed by atoms with Gasteiger partial charge in [0.25, 0.3) is 0 Å². The maximum absolute atomic E-state index is 13.3. The van der Waals surface area contributed by atoms with Gasteiger partial charge in [0, 0.05) is 19.6 Å². The third-order valence-corrected chi connectivity index (χ3v) is 2.69. The van der Waals surface area contributed by atoms with Gasteiger partial charge in [-0.05, 0) is 24.6 Å². The second-order valence-corrected chi connectivity index (χ2v) is 4.69. The fourth-order valence-corrected chi connectivity index (χ4v) is 1.85. The molecule has 0 saturated carbocycles. The van der Waals surface area contributed by atoms with Crippen molar-refractivity contribution in [1.29, 1.82) is 0 Å². The summed E-state index contributed by atoms with van der Waals surface area (Å²) in [5.74, 6) is 0.489. The smallest absolute Gasteiger partial charge is 0.146 e. The zero-order valence-corrected chi connectivity index (χ0v) is 11.0. The van der Waals surface area contributed by atoms with Gasteiger partial charge in [-0.3, -0.25) is 0 Å². The van der Waals surface area contributed by atoms with Crippen LogP contribution in [0.15, 0.2) is 24.3 Å². The molecule has 3 heteroatoms. The number of para-hydroxylation sites is 1. The molecule has 0 saturated heterocycles. The summed E-state index contributed by atoms with van der Waals surface area (Å²) in [7, 11) is 0. The number of halogens is 1. The normalized spacial score (nSPS) is 11.2.